The molecule has 136 valence electrons. The van der Waals surface area contributed by atoms with Gasteiger partial charge in [-0.1, -0.05) is 33.6 Å². The number of thioether (sulfide) groups is 1. The quantitative estimate of drug-likeness (QED) is 0.642. The van der Waals surface area contributed by atoms with Crippen molar-refractivity contribution in [3.63, 3.8) is 0 Å². The van der Waals surface area contributed by atoms with Gasteiger partial charge in [-0.05, 0) is 43.0 Å². The Morgan fingerprint density at radius 1 is 1.40 bits per heavy atom. The number of nitrogens with zero attached hydrogens (tertiary/aromatic N) is 2. The minimum atomic E-state index is 0.0348. The number of benzene rings is 1. The van der Waals surface area contributed by atoms with Crippen LogP contribution in [0.3, 0.4) is 0 Å². The van der Waals surface area contributed by atoms with Crippen LogP contribution in [0.4, 0.5) is 0 Å². The fourth-order valence-corrected chi connectivity index (χ4v) is 5.06. The fourth-order valence-electron chi connectivity index (χ4n) is 3.18. The maximum absolute atomic E-state index is 12.5. The number of rotatable bonds is 5. The average Bonchev–Trinajstić information content (AvgIpc) is 3.00. The van der Waals surface area contributed by atoms with Gasteiger partial charge in [-0.3, -0.25) is 9.69 Å². The van der Waals surface area contributed by atoms with Gasteiger partial charge in [-0.25, -0.2) is 0 Å². The molecule has 4 nitrogen and oxygen atoms in total. The van der Waals surface area contributed by atoms with Gasteiger partial charge in [0.2, 0.25) is 0 Å². The van der Waals surface area contributed by atoms with Gasteiger partial charge in [0.05, 0.1) is 3.66 Å². The Morgan fingerprint density at radius 3 is 2.80 bits per heavy atom. The van der Waals surface area contributed by atoms with Crippen molar-refractivity contribution in [3.8, 4) is 5.75 Å². The SMILES string of the molecule is CC1CN(CC2(Br)CC=CS2)CCN1C(=O)COc1ccc(Cl)cc1. The van der Waals surface area contributed by atoms with E-state index in [1.54, 1.807) is 24.3 Å². The van der Waals surface area contributed by atoms with E-state index in [1.165, 1.54) is 0 Å². The van der Waals surface area contributed by atoms with Crippen molar-refractivity contribution < 1.29 is 9.53 Å². The highest BCUT2D eigenvalue weighted by molar-refractivity contribution is 9.12. The summed E-state index contributed by atoms with van der Waals surface area (Å²) < 4.78 is 5.69. The van der Waals surface area contributed by atoms with Crippen molar-refractivity contribution in [2.45, 2.75) is 23.0 Å². The van der Waals surface area contributed by atoms with Crippen LogP contribution in [0.5, 0.6) is 5.75 Å². The van der Waals surface area contributed by atoms with Crippen molar-refractivity contribution >= 4 is 45.2 Å². The second kappa shape index (κ2) is 8.33. The molecular formula is C18H22BrClN2O2S. The predicted octanol–water partition coefficient (Wildman–Crippen LogP) is 3.99. The highest BCUT2D eigenvalue weighted by Gasteiger charge is 2.34. The first-order valence-electron chi connectivity index (χ1n) is 8.37. The Balaban J connectivity index is 1.47. The van der Waals surface area contributed by atoms with E-state index in [2.05, 4.69) is 39.2 Å². The minimum absolute atomic E-state index is 0.0348. The van der Waals surface area contributed by atoms with E-state index in [-0.39, 0.29) is 22.2 Å². The summed E-state index contributed by atoms with van der Waals surface area (Å²) in [6.45, 7) is 5.68. The van der Waals surface area contributed by atoms with Gasteiger partial charge >= 0.3 is 0 Å². The largest absolute Gasteiger partial charge is 0.484 e. The van der Waals surface area contributed by atoms with Crippen LogP contribution >= 0.6 is 39.3 Å². The molecule has 0 N–H and O–H groups in total. The fraction of sp³-hybridized carbons (Fsp3) is 0.500. The molecule has 1 fully saturated rings. The first kappa shape index (κ1) is 19.1. The summed E-state index contributed by atoms with van der Waals surface area (Å²) in [6.07, 6.45) is 3.25. The van der Waals surface area contributed by atoms with Crippen LogP contribution in [0.1, 0.15) is 13.3 Å². The maximum atomic E-state index is 12.5. The van der Waals surface area contributed by atoms with Gasteiger partial charge in [0.15, 0.2) is 6.61 Å². The predicted molar refractivity (Wildman–Crippen MR) is 108 cm³/mol. The number of piperazine rings is 1. The summed E-state index contributed by atoms with van der Waals surface area (Å²) in [4.78, 5) is 16.9. The smallest absolute Gasteiger partial charge is 0.260 e. The minimum Gasteiger partial charge on any atom is -0.484 e. The normalized spacial score (nSPS) is 26.8. The Kier molecular flexibility index (Phi) is 6.36. The molecule has 2 aliphatic heterocycles. The van der Waals surface area contributed by atoms with E-state index in [0.29, 0.717) is 10.8 Å². The molecule has 1 aromatic carbocycles. The van der Waals surface area contributed by atoms with Gasteiger partial charge in [0.25, 0.3) is 5.91 Å². The third kappa shape index (κ3) is 5.16. The van der Waals surface area contributed by atoms with E-state index < -0.39 is 0 Å². The van der Waals surface area contributed by atoms with E-state index in [4.69, 9.17) is 16.3 Å². The van der Waals surface area contributed by atoms with Crippen LogP contribution in [0.2, 0.25) is 5.02 Å². The van der Waals surface area contributed by atoms with Crippen LogP contribution < -0.4 is 4.74 Å². The molecule has 25 heavy (non-hydrogen) atoms. The Morgan fingerprint density at radius 2 is 2.16 bits per heavy atom. The lowest BCUT2D eigenvalue weighted by molar-refractivity contribution is -0.137. The summed E-state index contributed by atoms with van der Waals surface area (Å²) in [5, 5.41) is 2.81. The van der Waals surface area contributed by atoms with E-state index >= 15 is 0 Å². The molecule has 0 radical (unpaired) electrons. The third-order valence-electron chi connectivity index (χ3n) is 4.47. The highest BCUT2D eigenvalue weighted by Crippen LogP contribution is 2.42. The Bertz CT molecular complexity index is 632. The first-order valence-corrected chi connectivity index (χ1v) is 10.4. The van der Waals surface area contributed by atoms with Crippen LogP contribution in [0.15, 0.2) is 35.7 Å². The molecule has 1 aromatic rings. The van der Waals surface area contributed by atoms with Crippen LogP contribution in [-0.4, -0.2) is 58.2 Å². The zero-order chi connectivity index (χ0) is 17.9. The molecule has 7 heteroatoms. The van der Waals surface area contributed by atoms with Gasteiger partial charge in [-0.2, -0.15) is 0 Å². The monoisotopic (exact) mass is 444 g/mol. The van der Waals surface area contributed by atoms with Gasteiger partial charge < -0.3 is 9.64 Å². The van der Waals surface area contributed by atoms with Crippen molar-refractivity contribution in [1.29, 1.82) is 0 Å². The van der Waals surface area contributed by atoms with Gasteiger partial charge in [0, 0.05) is 37.2 Å². The number of halogens is 2. The standard InChI is InChI=1S/C18H22BrClN2O2S/c1-14-11-21(13-18(19)7-2-10-25-18)8-9-22(14)17(23)12-24-16-5-3-15(20)4-6-16/h2-6,10,14H,7-9,11-13H2,1H3. The number of ether oxygens (including phenoxy) is 1. The zero-order valence-electron chi connectivity index (χ0n) is 14.2. The number of carbonyl (C=O) groups is 1. The molecule has 0 bridgehead atoms. The molecule has 3 rings (SSSR count). The lowest BCUT2D eigenvalue weighted by Crippen LogP contribution is -2.56. The van der Waals surface area contributed by atoms with Crippen LogP contribution in [0, 0.1) is 0 Å². The number of hydrogen-bond acceptors (Lipinski definition) is 4. The molecule has 0 aromatic heterocycles. The molecule has 0 aliphatic carbocycles. The topological polar surface area (TPSA) is 32.8 Å². The van der Waals surface area contributed by atoms with E-state index in [1.807, 2.05) is 16.7 Å². The maximum Gasteiger partial charge on any atom is 0.260 e. The first-order chi connectivity index (χ1) is 12.0. The lowest BCUT2D eigenvalue weighted by Gasteiger charge is -2.41. The molecule has 2 aliphatic rings. The summed E-state index contributed by atoms with van der Waals surface area (Å²) in [6, 6.07) is 7.26. The number of hydrogen-bond donors (Lipinski definition) is 0. The highest BCUT2D eigenvalue weighted by atomic mass is 79.9. The Hall–Kier alpha value is -0.690. The van der Waals surface area contributed by atoms with Crippen molar-refractivity contribution in [2.24, 2.45) is 0 Å². The van der Waals surface area contributed by atoms with Crippen molar-refractivity contribution in [2.75, 3.05) is 32.8 Å². The summed E-state index contributed by atoms with van der Waals surface area (Å²) >= 11 is 11.5. The zero-order valence-corrected chi connectivity index (χ0v) is 17.3. The van der Waals surface area contributed by atoms with Crippen molar-refractivity contribution in [3.05, 3.63) is 40.8 Å². The van der Waals surface area contributed by atoms with Gasteiger partial charge in [-0.15, -0.1) is 11.8 Å². The summed E-state index contributed by atoms with van der Waals surface area (Å²) in [7, 11) is 0. The van der Waals surface area contributed by atoms with Crippen LogP contribution in [0.25, 0.3) is 0 Å². The molecule has 2 heterocycles. The summed E-state index contributed by atoms with van der Waals surface area (Å²) in [5.74, 6) is 0.698. The van der Waals surface area contributed by atoms with Gasteiger partial charge in [0.1, 0.15) is 5.75 Å². The molecule has 2 atom stereocenters. The second-order valence-electron chi connectivity index (χ2n) is 6.49. The average molecular weight is 446 g/mol. The molecule has 0 saturated carbocycles. The molecule has 2 unspecified atom stereocenters. The molecular weight excluding hydrogens is 424 g/mol. The number of amides is 1. The van der Waals surface area contributed by atoms with Crippen LogP contribution in [-0.2, 0) is 4.79 Å². The molecule has 0 spiro atoms. The number of carbonyl (C=O) groups excluding carboxylic acids is 1. The molecule has 1 amide bonds. The second-order valence-corrected chi connectivity index (χ2v) is 10.3. The van der Waals surface area contributed by atoms with E-state index in [9.17, 15) is 4.79 Å². The third-order valence-corrected chi connectivity index (χ3v) is 6.90. The van der Waals surface area contributed by atoms with Crippen molar-refractivity contribution in [1.82, 2.24) is 9.80 Å². The summed E-state index contributed by atoms with van der Waals surface area (Å²) in [5.41, 5.74) is 0. The Labute approximate surface area is 166 Å². The number of alkyl halides is 1. The van der Waals surface area contributed by atoms with E-state index in [0.717, 1.165) is 32.6 Å². The lowest BCUT2D eigenvalue weighted by atomic mass is 10.1. The number of allylic oxidation sites excluding steroid dienone is 1. The molecule has 1 saturated heterocycles.